The average Bonchev–Trinajstić information content (AvgIpc) is 2.49. The zero-order valence-corrected chi connectivity index (χ0v) is 11.3. The minimum Gasteiger partial charge on any atom is -0.375 e. The van der Waals surface area contributed by atoms with Crippen LogP contribution in [0.2, 0.25) is 0 Å². The molecule has 15 heavy (non-hydrogen) atoms. The molecule has 0 radical (unpaired) electrons. The number of ether oxygens (including phenoxy) is 1. The monoisotopic (exact) mass is 290 g/mol. The number of thiazole rings is 1. The van der Waals surface area contributed by atoms with Crippen molar-refractivity contribution in [3.8, 4) is 0 Å². The van der Waals surface area contributed by atoms with Crippen molar-refractivity contribution in [2.24, 2.45) is 0 Å². The van der Waals surface area contributed by atoms with E-state index in [0.29, 0.717) is 6.04 Å². The normalized spacial score (nSPS) is 25.1. The predicted octanol–water partition coefficient (Wildman–Crippen LogP) is 3.28. The van der Waals surface area contributed by atoms with Crippen molar-refractivity contribution in [1.82, 2.24) is 4.98 Å². The lowest BCUT2D eigenvalue weighted by Crippen LogP contribution is -2.40. The Kier molecular flexibility index (Phi) is 3.33. The molecule has 2 heterocycles. The zero-order chi connectivity index (χ0) is 10.9. The molecule has 1 fully saturated rings. The summed E-state index contributed by atoms with van der Waals surface area (Å²) < 4.78 is 6.58. The highest BCUT2D eigenvalue weighted by Crippen LogP contribution is 2.28. The van der Waals surface area contributed by atoms with Crippen molar-refractivity contribution >= 4 is 32.4 Å². The molecule has 1 N–H and O–H groups in total. The molecule has 0 aromatic carbocycles. The van der Waals surface area contributed by atoms with Crippen molar-refractivity contribution in [2.75, 3.05) is 11.9 Å². The van der Waals surface area contributed by atoms with Gasteiger partial charge in [-0.15, -0.1) is 11.3 Å². The van der Waals surface area contributed by atoms with E-state index >= 15 is 0 Å². The van der Waals surface area contributed by atoms with Crippen LogP contribution in [0.25, 0.3) is 0 Å². The molecule has 1 aliphatic rings. The highest BCUT2D eigenvalue weighted by Gasteiger charge is 2.28. The van der Waals surface area contributed by atoms with E-state index < -0.39 is 0 Å². The Balaban J connectivity index is 1.95. The van der Waals surface area contributed by atoms with Crippen LogP contribution >= 0.6 is 27.3 Å². The van der Waals surface area contributed by atoms with E-state index in [9.17, 15) is 0 Å². The maximum atomic E-state index is 5.67. The number of rotatable bonds is 2. The van der Waals surface area contributed by atoms with Crippen molar-refractivity contribution < 1.29 is 4.74 Å². The first-order chi connectivity index (χ1) is 7.05. The summed E-state index contributed by atoms with van der Waals surface area (Å²) in [5, 5.41) is 6.44. The third-order valence-corrected chi connectivity index (χ3v) is 3.98. The number of hydrogen-bond acceptors (Lipinski definition) is 4. The van der Waals surface area contributed by atoms with Gasteiger partial charge in [0.15, 0.2) is 5.13 Å². The van der Waals surface area contributed by atoms with Crippen LogP contribution in [0.1, 0.15) is 26.7 Å². The van der Waals surface area contributed by atoms with Gasteiger partial charge in [0.25, 0.3) is 0 Å². The van der Waals surface area contributed by atoms with Crippen LogP contribution in [0.5, 0.6) is 0 Å². The highest BCUT2D eigenvalue weighted by atomic mass is 79.9. The van der Waals surface area contributed by atoms with E-state index in [1.807, 2.05) is 5.38 Å². The summed E-state index contributed by atoms with van der Waals surface area (Å²) in [7, 11) is 0. The maximum absolute atomic E-state index is 5.67. The summed E-state index contributed by atoms with van der Waals surface area (Å²) in [5.41, 5.74) is -0.00952. The van der Waals surface area contributed by atoms with Gasteiger partial charge in [-0.2, -0.15) is 0 Å². The van der Waals surface area contributed by atoms with E-state index in [1.165, 1.54) is 0 Å². The predicted molar refractivity (Wildman–Crippen MR) is 66.5 cm³/mol. The van der Waals surface area contributed by atoms with Gasteiger partial charge in [0.1, 0.15) is 4.60 Å². The van der Waals surface area contributed by atoms with E-state index in [2.05, 4.69) is 40.1 Å². The Morgan fingerprint density at radius 2 is 2.47 bits per heavy atom. The van der Waals surface area contributed by atoms with Gasteiger partial charge < -0.3 is 10.1 Å². The molecular weight excluding hydrogens is 276 g/mol. The largest absolute Gasteiger partial charge is 0.375 e. The highest BCUT2D eigenvalue weighted by molar-refractivity contribution is 9.10. The van der Waals surface area contributed by atoms with Crippen LogP contribution in [0.4, 0.5) is 5.13 Å². The fourth-order valence-electron chi connectivity index (χ4n) is 1.85. The molecule has 0 amide bonds. The molecule has 1 aliphatic heterocycles. The van der Waals surface area contributed by atoms with E-state index in [0.717, 1.165) is 29.2 Å². The van der Waals surface area contributed by atoms with Crippen LogP contribution in [0.3, 0.4) is 0 Å². The van der Waals surface area contributed by atoms with Gasteiger partial charge >= 0.3 is 0 Å². The van der Waals surface area contributed by atoms with E-state index in [4.69, 9.17) is 4.74 Å². The Bertz CT molecular complexity index is 340. The van der Waals surface area contributed by atoms with Gasteiger partial charge in [0.2, 0.25) is 0 Å². The van der Waals surface area contributed by atoms with Crippen LogP contribution in [0, 0.1) is 0 Å². The van der Waals surface area contributed by atoms with Crippen molar-refractivity contribution in [2.45, 2.75) is 38.3 Å². The second-order valence-electron chi connectivity index (χ2n) is 4.42. The zero-order valence-electron chi connectivity index (χ0n) is 8.92. The first-order valence-electron chi connectivity index (χ1n) is 5.07. The topological polar surface area (TPSA) is 34.2 Å². The number of anilines is 1. The Morgan fingerprint density at radius 3 is 3.07 bits per heavy atom. The lowest BCUT2D eigenvalue weighted by Gasteiger charge is -2.35. The molecule has 1 saturated heterocycles. The first-order valence-corrected chi connectivity index (χ1v) is 6.74. The number of nitrogens with zero attached hydrogens (tertiary/aromatic N) is 1. The Morgan fingerprint density at radius 1 is 1.67 bits per heavy atom. The summed E-state index contributed by atoms with van der Waals surface area (Å²) in [6.45, 7) is 5.11. The van der Waals surface area contributed by atoms with Gasteiger partial charge in [0, 0.05) is 18.0 Å². The summed E-state index contributed by atoms with van der Waals surface area (Å²) in [4.78, 5) is 4.34. The van der Waals surface area contributed by atoms with Gasteiger partial charge in [0.05, 0.1) is 5.60 Å². The summed E-state index contributed by atoms with van der Waals surface area (Å²) in [5.74, 6) is 0. The molecule has 1 unspecified atom stereocenters. The number of halogens is 1. The molecule has 1 aromatic heterocycles. The SMILES string of the molecule is CC1(C)CC(Nc2nc(Br)cs2)CCO1. The minimum atomic E-state index is -0.00952. The molecule has 1 atom stereocenters. The average molecular weight is 291 g/mol. The molecule has 0 bridgehead atoms. The molecule has 2 rings (SSSR count). The standard InChI is InChI=1S/C10H15BrN2OS/c1-10(2)5-7(3-4-14-10)12-9-13-8(11)6-15-9/h6-7H,3-5H2,1-2H3,(H,12,13). The summed E-state index contributed by atoms with van der Waals surface area (Å²) >= 11 is 4.99. The fourth-order valence-corrected chi connectivity index (χ4v) is 3.07. The van der Waals surface area contributed by atoms with Crippen LogP contribution in [-0.2, 0) is 4.74 Å². The van der Waals surface area contributed by atoms with Crippen LogP contribution < -0.4 is 5.32 Å². The third kappa shape index (κ3) is 3.16. The van der Waals surface area contributed by atoms with E-state index in [-0.39, 0.29) is 5.60 Å². The maximum Gasteiger partial charge on any atom is 0.183 e. The molecule has 1 aromatic rings. The van der Waals surface area contributed by atoms with Crippen molar-refractivity contribution in [3.05, 3.63) is 9.98 Å². The lowest BCUT2D eigenvalue weighted by molar-refractivity contribution is -0.0553. The third-order valence-electron chi connectivity index (χ3n) is 2.50. The van der Waals surface area contributed by atoms with Gasteiger partial charge in [-0.1, -0.05) is 0 Å². The first kappa shape index (κ1) is 11.4. The van der Waals surface area contributed by atoms with Crippen LogP contribution in [-0.4, -0.2) is 23.2 Å². The number of aromatic nitrogens is 1. The summed E-state index contributed by atoms with van der Waals surface area (Å²) in [6, 6.07) is 0.479. The molecular formula is C10H15BrN2OS. The van der Waals surface area contributed by atoms with E-state index in [1.54, 1.807) is 11.3 Å². The Hall–Kier alpha value is -0.130. The van der Waals surface area contributed by atoms with Gasteiger partial charge in [-0.05, 0) is 42.6 Å². The molecule has 84 valence electrons. The van der Waals surface area contributed by atoms with Gasteiger partial charge in [-0.3, -0.25) is 0 Å². The van der Waals surface area contributed by atoms with Crippen molar-refractivity contribution in [3.63, 3.8) is 0 Å². The molecule has 5 heteroatoms. The minimum absolute atomic E-state index is 0.00952. The van der Waals surface area contributed by atoms with Gasteiger partial charge in [-0.25, -0.2) is 4.98 Å². The molecule has 0 spiro atoms. The second-order valence-corrected chi connectivity index (χ2v) is 6.09. The smallest absolute Gasteiger partial charge is 0.183 e. The quantitative estimate of drug-likeness (QED) is 0.908. The van der Waals surface area contributed by atoms with Crippen molar-refractivity contribution in [1.29, 1.82) is 0 Å². The molecule has 0 aliphatic carbocycles. The fraction of sp³-hybridized carbons (Fsp3) is 0.700. The summed E-state index contributed by atoms with van der Waals surface area (Å²) in [6.07, 6.45) is 2.09. The molecule has 3 nitrogen and oxygen atoms in total. The number of hydrogen-bond donors (Lipinski definition) is 1. The Labute approximate surface area is 102 Å². The molecule has 0 saturated carbocycles. The number of nitrogens with one attached hydrogen (secondary N) is 1. The lowest BCUT2D eigenvalue weighted by atomic mass is 9.94. The van der Waals surface area contributed by atoms with Crippen LogP contribution in [0.15, 0.2) is 9.98 Å². The second kappa shape index (κ2) is 4.39.